The van der Waals surface area contributed by atoms with Crippen LogP contribution in [0.15, 0.2) is 53.3 Å². The van der Waals surface area contributed by atoms with Crippen LogP contribution in [0.5, 0.6) is 0 Å². The summed E-state index contributed by atoms with van der Waals surface area (Å²) in [5, 5.41) is 19.1. The Hall–Kier alpha value is -4.49. The number of carbonyl (C=O) groups is 2. The molecule has 45 heavy (non-hydrogen) atoms. The number of imidazole rings is 1. The van der Waals surface area contributed by atoms with Crippen molar-refractivity contribution >= 4 is 29.6 Å². The van der Waals surface area contributed by atoms with Crippen molar-refractivity contribution in [2.75, 3.05) is 23.3 Å². The van der Waals surface area contributed by atoms with Crippen molar-refractivity contribution in [3.05, 3.63) is 71.4 Å². The first kappa shape index (κ1) is 31.9. The van der Waals surface area contributed by atoms with Gasteiger partial charge in [0, 0.05) is 6.54 Å². The number of rotatable bonds is 8. The van der Waals surface area contributed by atoms with Gasteiger partial charge in [-0.15, -0.1) is 5.10 Å². The van der Waals surface area contributed by atoms with E-state index in [0.717, 1.165) is 25.2 Å². The van der Waals surface area contributed by atoms with Gasteiger partial charge < -0.3 is 24.3 Å². The number of furan rings is 1. The Balaban J connectivity index is 1.55. The second-order valence-electron chi connectivity index (χ2n) is 13.0. The molecule has 1 aliphatic rings. The topological polar surface area (TPSA) is 148 Å². The van der Waals surface area contributed by atoms with Crippen LogP contribution >= 0.6 is 0 Å². The summed E-state index contributed by atoms with van der Waals surface area (Å²) >= 11 is 0. The number of imide groups is 1. The first-order chi connectivity index (χ1) is 21.3. The Morgan fingerprint density at radius 2 is 1.67 bits per heavy atom. The summed E-state index contributed by atoms with van der Waals surface area (Å²) in [6, 6.07) is 11.3. The van der Waals surface area contributed by atoms with E-state index in [1.807, 2.05) is 24.3 Å². The third-order valence-electron chi connectivity index (χ3n) is 6.92. The van der Waals surface area contributed by atoms with Crippen LogP contribution in [-0.2, 0) is 22.6 Å². The third kappa shape index (κ3) is 7.97. The van der Waals surface area contributed by atoms with Gasteiger partial charge in [-0.2, -0.15) is 9.88 Å². The molecule has 4 heterocycles. The van der Waals surface area contributed by atoms with Crippen LogP contribution in [0.25, 0.3) is 5.65 Å². The Morgan fingerprint density at radius 1 is 1.02 bits per heavy atom. The smallest absolute Gasteiger partial charge is 0.425 e. The normalized spacial score (nSPS) is 14.8. The number of benzene rings is 1. The summed E-state index contributed by atoms with van der Waals surface area (Å²) in [6.45, 7) is 13.4. The van der Waals surface area contributed by atoms with E-state index >= 15 is 0 Å². The van der Waals surface area contributed by atoms with E-state index in [0.29, 0.717) is 21.9 Å². The average molecular weight is 620 g/mol. The number of amides is 2. The van der Waals surface area contributed by atoms with E-state index in [1.165, 1.54) is 23.6 Å². The fraction of sp³-hybridized carbons (Fsp3) is 0.469. The van der Waals surface area contributed by atoms with Crippen LogP contribution in [-0.4, -0.2) is 66.1 Å². The van der Waals surface area contributed by atoms with Gasteiger partial charge in [0.25, 0.3) is 0 Å². The van der Waals surface area contributed by atoms with Gasteiger partial charge in [-0.3, -0.25) is 4.90 Å². The highest BCUT2D eigenvalue weighted by Crippen LogP contribution is 2.29. The molecule has 0 aliphatic carbocycles. The lowest BCUT2D eigenvalue weighted by molar-refractivity contribution is 0.0429. The minimum atomic E-state index is -1.13. The number of hydrogen-bond acceptors (Lipinski definition) is 11. The van der Waals surface area contributed by atoms with E-state index in [-0.39, 0.29) is 24.0 Å². The van der Waals surface area contributed by atoms with Crippen LogP contribution in [0.1, 0.15) is 83.1 Å². The van der Waals surface area contributed by atoms with Gasteiger partial charge in [-0.1, -0.05) is 24.3 Å². The van der Waals surface area contributed by atoms with E-state index in [4.69, 9.17) is 13.9 Å². The zero-order valence-corrected chi connectivity index (χ0v) is 26.6. The second kappa shape index (κ2) is 12.9. The standard InChI is InChI=1S/C32H41N7O6/c1-31(2,3)44-29(41)38(30(42)45-32(4,5)6)27-26-33-19-24(39(26)36-28(35-27)34-18-23-10-9-17-43-23)25(40)22-13-11-21(12-14-22)20-37-15-7-8-16-37/h9-14,17,19,25,40H,7-8,15-16,18,20H2,1-6H3,(H,34,36). The molecule has 2 amide bonds. The molecule has 13 nitrogen and oxygen atoms in total. The van der Waals surface area contributed by atoms with Crippen LogP contribution in [0.3, 0.4) is 0 Å². The van der Waals surface area contributed by atoms with Crippen molar-refractivity contribution in [1.29, 1.82) is 0 Å². The molecule has 1 aliphatic heterocycles. The SMILES string of the molecule is CC(C)(C)OC(=O)N(C(=O)OC(C)(C)C)c1nc(NCc2ccco2)nn2c(C(O)c3ccc(CN4CCCC4)cc3)cnc12. The molecule has 1 unspecified atom stereocenters. The molecular weight excluding hydrogens is 578 g/mol. The van der Waals surface area contributed by atoms with Crippen molar-refractivity contribution < 1.29 is 28.6 Å². The summed E-state index contributed by atoms with van der Waals surface area (Å²) in [5.74, 6) is 0.463. The summed E-state index contributed by atoms with van der Waals surface area (Å²) < 4.78 is 17.9. The number of ether oxygens (including phenoxy) is 2. The number of likely N-dealkylation sites (tertiary alicyclic amines) is 1. The fourth-order valence-corrected chi connectivity index (χ4v) is 4.91. The highest BCUT2D eigenvalue weighted by atomic mass is 16.6. The minimum absolute atomic E-state index is 0.0370. The van der Waals surface area contributed by atoms with Crippen molar-refractivity contribution in [3.8, 4) is 0 Å². The molecule has 1 saturated heterocycles. The number of aromatic nitrogens is 4. The maximum atomic E-state index is 13.5. The first-order valence-corrected chi connectivity index (χ1v) is 15.0. The minimum Gasteiger partial charge on any atom is -0.467 e. The van der Waals surface area contributed by atoms with Gasteiger partial charge in [0.2, 0.25) is 5.95 Å². The van der Waals surface area contributed by atoms with E-state index in [9.17, 15) is 14.7 Å². The molecule has 2 N–H and O–H groups in total. The monoisotopic (exact) mass is 619 g/mol. The summed E-state index contributed by atoms with van der Waals surface area (Å²) in [7, 11) is 0. The molecule has 0 bridgehead atoms. The lowest BCUT2D eigenvalue weighted by Crippen LogP contribution is -2.44. The Labute approximate surface area is 262 Å². The third-order valence-corrected chi connectivity index (χ3v) is 6.92. The molecule has 0 spiro atoms. The maximum Gasteiger partial charge on any atom is 0.425 e. The number of hydrogen-bond donors (Lipinski definition) is 2. The van der Waals surface area contributed by atoms with Crippen molar-refractivity contribution in [3.63, 3.8) is 0 Å². The number of nitrogens with zero attached hydrogens (tertiary/aromatic N) is 6. The summed E-state index contributed by atoms with van der Waals surface area (Å²) in [4.78, 5) is 39.1. The lowest BCUT2D eigenvalue weighted by atomic mass is 10.0. The number of aliphatic hydroxyl groups is 1. The highest BCUT2D eigenvalue weighted by molar-refractivity contribution is 6.11. The second-order valence-corrected chi connectivity index (χ2v) is 13.0. The average Bonchev–Trinajstić information content (AvgIpc) is 3.73. The molecule has 3 aromatic heterocycles. The number of nitrogens with one attached hydrogen (secondary N) is 1. The Bertz CT molecular complexity index is 1590. The van der Waals surface area contributed by atoms with Gasteiger partial charge in [-0.05, 0) is 90.7 Å². The molecule has 4 aromatic rings. The van der Waals surface area contributed by atoms with E-state index in [1.54, 1.807) is 59.9 Å². The predicted octanol–water partition coefficient (Wildman–Crippen LogP) is 5.68. The fourth-order valence-electron chi connectivity index (χ4n) is 4.91. The predicted molar refractivity (Wildman–Crippen MR) is 167 cm³/mol. The van der Waals surface area contributed by atoms with Crippen LogP contribution < -0.4 is 10.2 Å². The quantitative estimate of drug-likeness (QED) is 0.251. The van der Waals surface area contributed by atoms with Crippen LogP contribution in [0.4, 0.5) is 21.4 Å². The van der Waals surface area contributed by atoms with Crippen molar-refractivity contribution in [1.82, 2.24) is 24.5 Å². The summed E-state index contributed by atoms with van der Waals surface area (Å²) in [6.07, 6.45) is 2.27. The number of aliphatic hydroxyl groups excluding tert-OH is 1. The first-order valence-electron chi connectivity index (χ1n) is 15.0. The maximum absolute atomic E-state index is 13.5. The molecule has 0 radical (unpaired) electrons. The van der Waals surface area contributed by atoms with Gasteiger partial charge >= 0.3 is 12.2 Å². The Morgan fingerprint density at radius 3 is 2.24 bits per heavy atom. The van der Waals surface area contributed by atoms with Crippen LogP contribution in [0.2, 0.25) is 0 Å². The molecule has 13 heteroatoms. The van der Waals surface area contributed by atoms with Crippen molar-refractivity contribution in [2.45, 2.75) is 84.8 Å². The largest absolute Gasteiger partial charge is 0.467 e. The van der Waals surface area contributed by atoms with Gasteiger partial charge in [0.15, 0.2) is 11.5 Å². The number of anilines is 2. The molecule has 1 fully saturated rings. The molecule has 240 valence electrons. The van der Waals surface area contributed by atoms with Gasteiger partial charge in [0.05, 0.1) is 24.7 Å². The van der Waals surface area contributed by atoms with Crippen LogP contribution in [0, 0.1) is 0 Å². The number of carbonyl (C=O) groups excluding carboxylic acids is 2. The van der Waals surface area contributed by atoms with E-state index in [2.05, 4.69) is 25.3 Å². The Kier molecular flexibility index (Phi) is 9.12. The highest BCUT2D eigenvalue weighted by Gasteiger charge is 2.36. The zero-order chi connectivity index (χ0) is 32.4. The number of fused-ring (bicyclic) bond motifs is 1. The summed E-state index contributed by atoms with van der Waals surface area (Å²) in [5.41, 5.74) is 0.261. The molecule has 1 atom stereocenters. The van der Waals surface area contributed by atoms with Gasteiger partial charge in [-0.25, -0.2) is 19.1 Å². The van der Waals surface area contributed by atoms with Gasteiger partial charge in [0.1, 0.15) is 23.1 Å². The molecule has 0 saturated carbocycles. The molecular formula is C32H41N7O6. The lowest BCUT2D eigenvalue weighted by Gasteiger charge is -2.28. The zero-order valence-electron chi connectivity index (χ0n) is 26.6. The van der Waals surface area contributed by atoms with E-state index < -0.39 is 29.5 Å². The molecule has 5 rings (SSSR count). The molecule has 1 aromatic carbocycles. The van der Waals surface area contributed by atoms with Crippen molar-refractivity contribution in [2.24, 2.45) is 0 Å².